The number of fused-ring (bicyclic) bond motifs is 1. The van der Waals surface area contributed by atoms with Crippen molar-refractivity contribution in [2.45, 2.75) is 0 Å². The fourth-order valence-electron chi connectivity index (χ4n) is 1.62. The molecule has 1 aromatic carbocycles. The number of benzene rings is 1. The molecule has 0 aliphatic rings. The zero-order chi connectivity index (χ0) is 11.7. The monoisotopic (exact) mass is 220 g/mol. The zero-order valence-electron chi connectivity index (χ0n) is 9.00. The molecule has 0 saturated heterocycles. The molecule has 2 aromatic rings. The molecule has 3 N–H and O–H groups in total. The Morgan fingerprint density at radius 1 is 1.25 bits per heavy atom. The maximum Gasteiger partial charge on any atom is 0.323 e. The number of carbonyl (C=O) groups excluding carboxylic acids is 1. The summed E-state index contributed by atoms with van der Waals surface area (Å²) in [6.45, 7) is 0. The highest BCUT2D eigenvalue weighted by Gasteiger charge is 2.08. The molecule has 0 radical (unpaired) electrons. The van der Waals surface area contributed by atoms with E-state index < -0.39 is 0 Å². The molecule has 0 fully saturated rings. The summed E-state index contributed by atoms with van der Waals surface area (Å²) in [4.78, 5) is 28.8. The van der Waals surface area contributed by atoms with E-state index in [9.17, 15) is 9.59 Å². The van der Waals surface area contributed by atoms with Gasteiger partial charge < -0.3 is 20.2 Å². The van der Waals surface area contributed by atoms with Crippen LogP contribution in [0.4, 0.5) is 11.4 Å². The summed E-state index contributed by atoms with van der Waals surface area (Å²) >= 11 is 0. The molecule has 0 spiro atoms. The van der Waals surface area contributed by atoms with Crippen molar-refractivity contribution in [3.8, 4) is 0 Å². The van der Waals surface area contributed by atoms with Crippen molar-refractivity contribution in [2.75, 3.05) is 24.3 Å². The first-order valence-electron chi connectivity index (χ1n) is 4.75. The lowest BCUT2D eigenvalue weighted by atomic mass is 10.2. The van der Waals surface area contributed by atoms with Crippen molar-refractivity contribution in [1.29, 1.82) is 0 Å². The third kappa shape index (κ3) is 1.65. The van der Waals surface area contributed by atoms with Gasteiger partial charge in [0, 0.05) is 14.1 Å². The van der Waals surface area contributed by atoms with Crippen LogP contribution in [-0.2, 0) is 4.79 Å². The van der Waals surface area contributed by atoms with E-state index in [0.717, 1.165) is 5.69 Å². The van der Waals surface area contributed by atoms with E-state index in [2.05, 4.69) is 15.3 Å². The van der Waals surface area contributed by atoms with Crippen molar-refractivity contribution >= 4 is 28.8 Å². The van der Waals surface area contributed by atoms with Crippen LogP contribution in [0.5, 0.6) is 0 Å². The highest BCUT2D eigenvalue weighted by Crippen LogP contribution is 2.27. The van der Waals surface area contributed by atoms with Gasteiger partial charge in [-0.15, -0.1) is 0 Å². The molecule has 6 nitrogen and oxygen atoms in total. The van der Waals surface area contributed by atoms with E-state index in [1.54, 1.807) is 12.1 Å². The standard InChI is InChI=1S/C10H12N4O2/c1-14(2)9-4-7-6(12-10(16)13-7)3-8(9)11-5-15/h3-5H,1-2H3,(H,11,15)(H2,12,13,16). The predicted octanol–water partition coefficient (Wildman–Crippen LogP) is 0.490. The molecule has 0 unspecified atom stereocenters. The number of amides is 1. The summed E-state index contributed by atoms with van der Waals surface area (Å²) in [7, 11) is 3.73. The van der Waals surface area contributed by atoms with Crippen LogP contribution in [0.25, 0.3) is 11.0 Å². The number of aromatic nitrogens is 2. The third-order valence-electron chi connectivity index (χ3n) is 2.33. The van der Waals surface area contributed by atoms with Gasteiger partial charge in [0.05, 0.1) is 22.4 Å². The summed E-state index contributed by atoms with van der Waals surface area (Å²) in [6, 6.07) is 3.52. The van der Waals surface area contributed by atoms with Gasteiger partial charge in [-0.05, 0) is 12.1 Å². The van der Waals surface area contributed by atoms with Gasteiger partial charge in [0.2, 0.25) is 6.41 Å². The minimum atomic E-state index is -0.261. The first-order chi connectivity index (χ1) is 7.61. The molecular formula is C10H12N4O2. The predicted molar refractivity (Wildman–Crippen MR) is 62.9 cm³/mol. The number of nitrogens with one attached hydrogen (secondary N) is 3. The lowest BCUT2D eigenvalue weighted by Gasteiger charge is -2.16. The number of nitrogens with zero attached hydrogens (tertiary/aromatic N) is 1. The molecule has 0 atom stereocenters. The molecular weight excluding hydrogens is 208 g/mol. The smallest absolute Gasteiger partial charge is 0.323 e. The zero-order valence-corrected chi connectivity index (χ0v) is 9.00. The topological polar surface area (TPSA) is 81.0 Å². The van der Waals surface area contributed by atoms with Crippen molar-refractivity contribution < 1.29 is 4.79 Å². The van der Waals surface area contributed by atoms with Crippen LogP contribution in [0, 0.1) is 0 Å². The van der Waals surface area contributed by atoms with Gasteiger partial charge in [0.1, 0.15) is 0 Å². The van der Waals surface area contributed by atoms with E-state index in [1.165, 1.54) is 0 Å². The maximum atomic E-state index is 11.1. The molecule has 1 aromatic heterocycles. The Bertz CT molecular complexity index is 582. The largest absolute Gasteiger partial charge is 0.376 e. The maximum absolute atomic E-state index is 11.1. The first-order valence-corrected chi connectivity index (χ1v) is 4.75. The van der Waals surface area contributed by atoms with Crippen molar-refractivity contribution in [3.05, 3.63) is 22.6 Å². The minimum Gasteiger partial charge on any atom is -0.376 e. The highest BCUT2D eigenvalue weighted by atomic mass is 16.1. The number of hydrogen-bond acceptors (Lipinski definition) is 3. The van der Waals surface area contributed by atoms with Gasteiger partial charge in [-0.2, -0.15) is 0 Å². The number of anilines is 2. The summed E-state index contributed by atoms with van der Waals surface area (Å²) in [5.74, 6) is 0. The minimum absolute atomic E-state index is 0.261. The van der Waals surface area contributed by atoms with E-state index in [0.29, 0.717) is 23.1 Å². The van der Waals surface area contributed by atoms with Crippen LogP contribution in [0.2, 0.25) is 0 Å². The van der Waals surface area contributed by atoms with E-state index in [1.807, 2.05) is 19.0 Å². The Kier molecular flexibility index (Phi) is 2.40. The van der Waals surface area contributed by atoms with Gasteiger partial charge in [0.25, 0.3) is 0 Å². The molecule has 6 heteroatoms. The summed E-state index contributed by atoms with van der Waals surface area (Å²) in [5.41, 5.74) is 2.60. The molecule has 16 heavy (non-hydrogen) atoms. The summed E-state index contributed by atoms with van der Waals surface area (Å²) in [5, 5.41) is 2.60. The van der Waals surface area contributed by atoms with Gasteiger partial charge in [0.15, 0.2) is 0 Å². The van der Waals surface area contributed by atoms with Crippen LogP contribution in [0.15, 0.2) is 16.9 Å². The molecule has 84 valence electrons. The Labute approximate surface area is 91.3 Å². The Hall–Kier alpha value is -2.24. The van der Waals surface area contributed by atoms with Crippen LogP contribution in [0.3, 0.4) is 0 Å². The molecule has 0 saturated carbocycles. The average molecular weight is 220 g/mol. The second-order valence-corrected chi connectivity index (χ2v) is 3.65. The first kappa shape index (κ1) is 10.3. The fraction of sp³-hybridized carbons (Fsp3) is 0.200. The Morgan fingerprint density at radius 2 is 1.88 bits per heavy atom. The fourth-order valence-corrected chi connectivity index (χ4v) is 1.62. The van der Waals surface area contributed by atoms with E-state index >= 15 is 0 Å². The number of aromatic amines is 2. The SMILES string of the molecule is CN(C)c1cc2[nH]c(=O)[nH]c2cc1NC=O. The van der Waals surface area contributed by atoms with Gasteiger partial charge >= 0.3 is 5.69 Å². The Morgan fingerprint density at radius 3 is 2.44 bits per heavy atom. The van der Waals surface area contributed by atoms with Crippen molar-refractivity contribution in [3.63, 3.8) is 0 Å². The summed E-state index contributed by atoms with van der Waals surface area (Å²) < 4.78 is 0. The normalized spacial score (nSPS) is 10.4. The van der Waals surface area contributed by atoms with Crippen LogP contribution >= 0.6 is 0 Å². The number of carbonyl (C=O) groups is 1. The lowest BCUT2D eigenvalue weighted by Crippen LogP contribution is -2.11. The second kappa shape index (κ2) is 3.73. The van der Waals surface area contributed by atoms with Crippen LogP contribution in [0.1, 0.15) is 0 Å². The number of rotatable bonds is 3. The van der Waals surface area contributed by atoms with Gasteiger partial charge in [-0.3, -0.25) is 4.79 Å². The number of H-pyrrole nitrogens is 2. The van der Waals surface area contributed by atoms with Crippen LogP contribution in [-0.4, -0.2) is 30.5 Å². The second-order valence-electron chi connectivity index (χ2n) is 3.65. The number of imidazole rings is 1. The Balaban J connectivity index is 2.69. The third-order valence-corrected chi connectivity index (χ3v) is 2.33. The van der Waals surface area contributed by atoms with Crippen molar-refractivity contribution in [1.82, 2.24) is 9.97 Å². The van der Waals surface area contributed by atoms with E-state index in [-0.39, 0.29) is 5.69 Å². The molecule has 0 aliphatic carbocycles. The van der Waals surface area contributed by atoms with E-state index in [4.69, 9.17) is 0 Å². The average Bonchev–Trinajstić information content (AvgIpc) is 2.56. The van der Waals surface area contributed by atoms with Crippen LogP contribution < -0.4 is 15.9 Å². The molecule has 0 aliphatic heterocycles. The molecule has 2 rings (SSSR count). The van der Waals surface area contributed by atoms with Gasteiger partial charge in [-0.25, -0.2) is 4.79 Å². The molecule has 0 bridgehead atoms. The quantitative estimate of drug-likeness (QED) is 0.658. The highest BCUT2D eigenvalue weighted by molar-refractivity contribution is 5.91. The molecule has 1 heterocycles. The molecule has 1 amide bonds. The lowest BCUT2D eigenvalue weighted by molar-refractivity contribution is -0.105. The number of hydrogen-bond donors (Lipinski definition) is 3. The van der Waals surface area contributed by atoms with Gasteiger partial charge in [-0.1, -0.05) is 0 Å². The van der Waals surface area contributed by atoms with Crippen molar-refractivity contribution in [2.24, 2.45) is 0 Å². The summed E-state index contributed by atoms with van der Waals surface area (Å²) in [6.07, 6.45) is 0.610.